The minimum absolute atomic E-state index is 0.0787. The molecule has 0 spiro atoms. The SMILES string of the molecule is CC(C)C(=O)N1CCc2cc(CNS(=O)(=O)c3ccc(F)c(Cl)c3)ccc21. The second-order valence-corrected chi connectivity index (χ2v) is 8.93. The van der Waals surface area contributed by atoms with Crippen LogP contribution in [-0.4, -0.2) is 20.9 Å². The molecule has 1 aliphatic rings. The van der Waals surface area contributed by atoms with Gasteiger partial charge in [0.25, 0.3) is 0 Å². The summed E-state index contributed by atoms with van der Waals surface area (Å²) >= 11 is 5.66. The van der Waals surface area contributed by atoms with Gasteiger partial charge in [0, 0.05) is 24.7 Å². The van der Waals surface area contributed by atoms with Gasteiger partial charge in [-0.05, 0) is 41.8 Å². The molecule has 8 heteroatoms. The zero-order chi connectivity index (χ0) is 19.8. The van der Waals surface area contributed by atoms with Crippen molar-refractivity contribution in [2.75, 3.05) is 11.4 Å². The zero-order valence-electron chi connectivity index (χ0n) is 15.0. The molecular weight excluding hydrogens is 391 g/mol. The molecule has 1 heterocycles. The Balaban J connectivity index is 1.74. The van der Waals surface area contributed by atoms with Crippen molar-refractivity contribution >= 4 is 33.2 Å². The van der Waals surface area contributed by atoms with Gasteiger partial charge in [0.15, 0.2) is 0 Å². The Bertz CT molecular complexity index is 992. The van der Waals surface area contributed by atoms with Gasteiger partial charge in [0.1, 0.15) is 5.82 Å². The van der Waals surface area contributed by atoms with Crippen molar-refractivity contribution < 1.29 is 17.6 Å². The second-order valence-electron chi connectivity index (χ2n) is 6.76. The maximum absolute atomic E-state index is 13.2. The van der Waals surface area contributed by atoms with Gasteiger partial charge in [-0.3, -0.25) is 4.79 Å². The Kier molecular flexibility index (Phi) is 5.55. The monoisotopic (exact) mass is 410 g/mol. The molecule has 0 aromatic heterocycles. The van der Waals surface area contributed by atoms with E-state index in [1.807, 2.05) is 26.0 Å². The van der Waals surface area contributed by atoms with Gasteiger partial charge in [-0.2, -0.15) is 0 Å². The van der Waals surface area contributed by atoms with Crippen molar-refractivity contribution in [2.24, 2.45) is 5.92 Å². The Hall–Kier alpha value is -1.96. The maximum atomic E-state index is 13.2. The van der Waals surface area contributed by atoms with Gasteiger partial charge in [-0.1, -0.05) is 37.6 Å². The van der Waals surface area contributed by atoms with E-state index in [0.29, 0.717) is 6.54 Å². The van der Waals surface area contributed by atoms with E-state index in [4.69, 9.17) is 11.6 Å². The molecule has 2 aromatic carbocycles. The number of amides is 1. The summed E-state index contributed by atoms with van der Waals surface area (Å²) in [5.41, 5.74) is 2.68. The maximum Gasteiger partial charge on any atom is 0.240 e. The molecule has 0 unspecified atom stereocenters. The average molecular weight is 411 g/mol. The summed E-state index contributed by atoms with van der Waals surface area (Å²) in [6, 6.07) is 8.82. The first kappa shape index (κ1) is 19.8. The summed E-state index contributed by atoms with van der Waals surface area (Å²) in [5.74, 6) is -0.671. The molecule has 5 nitrogen and oxygen atoms in total. The van der Waals surface area contributed by atoms with Crippen molar-refractivity contribution in [1.29, 1.82) is 0 Å². The van der Waals surface area contributed by atoms with Crippen molar-refractivity contribution in [3.8, 4) is 0 Å². The number of halogens is 2. The number of benzene rings is 2. The topological polar surface area (TPSA) is 66.5 Å². The van der Waals surface area contributed by atoms with Gasteiger partial charge in [0.2, 0.25) is 15.9 Å². The third kappa shape index (κ3) is 4.15. The Morgan fingerprint density at radius 2 is 2.00 bits per heavy atom. The van der Waals surface area contributed by atoms with E-state index in [1.165, 1.54) is 6.07 Å². The van der Waals surface area contributed by atoms with Crippen LogP contribution in [-0.2, 0) is 27.8 Å². The number of rotatable bonds is 5. The fraction of sp³-hybridized carbons (Fsp3) is 0.316. The van der Waals surface area contributed by atoms with Gasteiger partial charge in [-0.25, -0.2) is 17.5 Å². The second kappa shape index (κ2) is 7.58. The van der Waals surface area contributed by atoms with Gasteiger partial charge >= 0.3 is 0 Å². The molecule has 0 aliphatic carbocycles. The summed E-state index contributed by atoms with van der Waals surface area (Å²) in [6.45, 7) is 4.45. The van der Waals surface area contributed by atoms with Crippen molar-refractivity contribution in [3.05, 3.63) is 58.4 Å². The minimum Gasteiger partial charge on any atom is -0.312 e. The molecule has 27 heavy (non-hydrogen) atoms. The van der Waals surface area contributed by atoms with Crippen LogP contribution in [0.15, 0.2) is 41.3 Å². The highest BCUT2D eigenvalue weighted by atomic mass is 35.5. The molecule has 0 saturated heterocycles. The molecule has 0 bridgehead atoms. The molecule has 0 fully saturated rings. The Labute approximate surface area is 163 Å². The van der Waals surface area contributed by atoms with E-state index in [1.54, 1.807) is 11.0 Å². The molecule has 0 saturated carbocycles. The summed E-state index contributed by atoms with van der Waals surface area (Å²) in [5, 5.41) is -0.245. The number of sulfonamides is 1. The predicted molar refractivity (Wildman–Crippen MR) is 103 cm³/mol. The highest BCUT2D eigenvalue weighted by Crippen LogP contribution is 2.30. The van der Waals surface area contributed by atoms with Crippen LogP contribution in [0.5, 0.6) is 0 Å². The third-order valence-corrected chi connectivity index (χ3v) is 6.16. The van der Waals surface area contributed by atoms with Gasteiger partial charge < -0.3 is 4.90 Å². The normalized spacial score (nSPS) is 13.9. The highest BCUT2D eigenvalue weighted by Gasteiger charge is 2.26. The quantitative estimate of drug-likeness (QED) is 0.820. The number of carbonyl (C=O) groups excluding carboxylic acids is 1. The zero-order valence-corrected chi connectivity index (χ0v) is 16.6. The first-order chi connectivity index (χ1) is 12.7. The molecular formula is C19H20ClFN2O3S. The number of nitrogens with one attached hydrogen (secondary N) is 1. The summed E-state index contributed by atoms with van der Waals surface area (Å²) in [6.07, 6.45) is 0.738. The molecule has 3 rings (SSSR count). The largest absolute Gasteiger partial charge is 0.312 e. The summed E-state index contributed by atoms with van der Waals surface area (Å²) < 4.78 is 40.5. The first-order valence-corrected chi connectivity index (χ1v) is 10.4. The van der Waals surface area contributed by atoms with Crippen molar-refractivity contribution in [2.45, 2.75) is 31.7 Å². The first-order valence-electron chi connectivity index (χ1n) is 8.57. The molecule has 2 aromatic rings. The number of nitrogens with zero attached hydrogens (tertiary/aromatic N) is 1. The molecule has 1 aliphatic heterocycles. The molecule has 1 N–H and O–H groups in total. The fourth-order valence-electron chi connectivity index (χ4n) is 3.01. The van der Waals surface area contributed by atoms with E-state index in [2.05, 4.69) is 4.72 Å². The van der Waals surface area contributed by atoms with E-state index in [-0.39, 0.29) is 28.3 Å². The lowest BCUT2D eigenvalue weighted by Crippen LogP contribution is -2.32. The lowest BCUT2D eigenvalue weighted by Gasteiger charge is -2.19. The van der Waals surface area contributed by atoms with Crippen LogP contribution in [0.4, 0.5) is 10.1 Å². The van der Waals surface area contributed by atoms with E-state index < -0.39 is 15.8 Å². The molecule has 1 amide bonds. The molecule has 0 atom stereocenters. The number of anilines is 1. The third-order valence-electron chi connectivity index (χ3n) is 4.47. The Morgan fingerprint density at radius 3 is 2.67 bits per heavy atom. The number of hydrogen-bond acceptors (Lipinski definition) is 3. The van der Waals surface area contributed by atoms with Crippen molar-refractivity contribution in [3.63, 3.8) is 0 Å². The smallest absolute Gasteiger partial charge is 0.240 e. The van der Waals surface area contributed by atoms with E-state index in [9.17, 15) is 17.6 Å². The average Bonchev–Trinajstić information content (AvgIpc) is 3.04. The highest BCUT2D eigenvalue weighted by molar-refractivity contribution is 7.89. The standard InChI is InChI=1S/C19H20ClFN2O3S/c1-12(2)19(24)23-8-7-14-9-13(3-6-18(14)23)11-22-27(25,26)15-4-5-17(21)16(20)10-15/h3-6,9-10,12,22H,7-8,11H2,1-2H3. The van der Waals surface area contributed by atoms with Crippen molar-refractivity contribution in [1.82, 2.24) is 4.72 Å². The minimum atomic E-state index is -3.81. The van der Waals surface area contributed by atoms with Gasteiger partial charge in [-0.15, -0.1) is 0 Å². The van der Waals surface area contributed by atoms with Crippen LogP contribution in [0.1, 0.15) is 25.0 Å². The molecule has 0 radical (unpaired) electrons. The lowest BCUT2D eigenvalue weighted by atomic mass is 10.1. The predicted octanol–water partition coefficient (Wildman–Crippen LogP) is 3.50. The van der Waals surface area contributed by atoms with Gasteiger partial charge in [0.05, 0.1) is 9.92 Å². The van der Waals surface area contributed by atoms with Crippen LogP contribution in [0.2, 0.25) is 5.02 Å². The van der Waals surface area contributed by atoms with Crippen LogP contribution in [0.25, 0.3) is 0 Å². The van der Waals surface area contributed by atoms with E-state index in [0.717, 1.165) is 35.4 Å². The Morgan fingerprint density at radius 1 is 1.26 bits per heavy atom. The molecule has 144 valence electrons. The van der Waals surface area contributed by atoms with Crippen LogP contribution in [0.3, 0.4) is 0 Å². The number of fused-ring (bicyclic) bond motifs is 1. The number of carbonyl (C=O) groups is 1. The summed E-state index contributed by atoms with van der Waals surface area (Å²) in [4.78, 5) is 13.9. The fourth-order valence-corrected chi connectivity index (χ4v) is 4.30. The summed E-state index contributed by atoms with van der Waals surface area (Å²) in [7, 11) is -3.81. The number of hydrogen-bond donors (Lipinski definition) is 1. The lowest BCUT2D eigenvalue weighted by molar-refractivity contribution is -0.121. The van der Waals surface area contributed by atoms with Crippen LogP contribution in [0, 0.1) is 11.7 Å². The van der Waals surface area contributed by atoms with Crippen LogP contribution >= 0.6 is 11.6 Å². The van der Waals surface area contributed by atoms with E-state index >= 15 is 0 Å². The van der Waals surface area contributed by atoms with Crippen LogP contribution < -0.4 is 9.62 Å².